The maximum Gasteiger partial charge on any atom is 0.129 e. The predicted octanol–water partition coefficient (Wildman–Crippen LogP) is 2.36. The van der Waals surface area contributed by atoms with Gasteiger partial charge < -0.3 is 15.6 Å². The van der Waals surface area contributed by atoms with Crippen LogP contribution in [0.3, 0.4) is 0 Å². The van der Waals surface area contributed by atoms with Crippen molar-refractivity contribution in [2.24, 2.45) is 0 Å². The average molecular weight is 263 g/mol. The topological polar surface area (TPSA) is 68.8 Å². The number of nitrogens with zero attached hydrogens (tertiary/aromatic N) is 3. The second-order valence-electron chi connectivity index (χ2n) is 4.77. The zero-order chi connectivity index (χ0) is 13.5. The summed E-state index contributed by atoms with van der Waals surface area (Å²) >= 11 is 0. The van der Waals surface area contributed by atoms with Gasteiger partial charge in [-0.25, -0.2) is 9.97 Å². The van der Waals surface area contributed by atoms with Gasteiger partial charge in [0.1, 0.15) is 11.6 Å². The Morgan fingerprint density at radius 1 is 1.10 bits per heavy atom. The molecule has 1 aromatic carbocycles. The van der Waals surface area contributed by atoms with Crippen molar-refractivity contribution < 1.29 is 0 Å². The highest BCUT2D eigenvalue weighted by atomic mass is 15.1. The molecule has 1 aliphatic heterocycles. The summed E-state index contributed by atoms with van der Waals surface area (Å²) < 4.78 is 2.10. The molecule has 5 nitrogen and oxygen atoms in total. The fourth-order valence-corrected chi connectivity index (χ4v) is 2.66. The van der Waals surface area contributed by atoms with E-state index in [1.807, 2.05) is 36.8 Å². The molecule has 20 heavy (non-hydrogen) atoms. The van der Waals surface area contributed by atoms with Gasteiger partial charge in [0, 0.05) is 5.56 Å². The second-order valence-corrected chi connectivity index (χ2v) is 4.77. The maximum absolute atomic E-state index is 5.73. The number of nitrogen functional groups attached to an aromatic ring is 1. The Labute approximate surface area is 116 Å². The van der Waals surface area contributed by atoms with Crippen LogP contribution in [-0.4, -0.2) is 14.5 Å². The number of aromatic nitrogens is 3. The van der Waals surface area contributed by atoms with Crippen LogP contribution in [0.25, 0.3) is 5.69 Å². The molecule has 0 saturated carbocycles. The highest BCUT2D eigenvalue weighted by Crippen LogP contribution is 2.37. The van der Waals surface area contributed by atoms with Crippen LogP contribution in [0.4, 0.5) is 11.6 Å². The van der Waals surface area contributed by atoms with Crippen LogP contribution >= 0.6 is 0 Å². The van der Waals surface area contributed by atoms with Gasteiger partial charge in [0.15, 0.2) is 0 Å². The summed E-state index contributed by atoms with van der Waals surface area (Å²) in [6.07, 6.45) is 3.71. The number of hydrogen-bond donors (Lipinski definition) is 2. The Bertz CT molecular complexity index is 777. The Kier molecular flexibility index (Phi) is 2.26. The highest BCUT2D eigenvalue weighted by Gasteiger charge is 2.28. The zero-order valence-corrected chi connectivity index (χ0v) is 10.7. The first-order valence-corrected chi connectivity index (χ1v) is 6.43. The lowest BCUT2D eigenvalue weighted by Crippen LogP contribution is -2.11. The molecule has 0 bridgehead atoms. The van der Waals surface area contributed by atoms with Gasteiger partial charge >= 0.3 is 0 Å². The number of benzene rings is 1. The minimum absolute atomic E-state index is 0.0444. The largest absolute Gasteiger partial charge is 0.384 e. The normalized spacial score (nSPS) is 15.7. The van der Waals surface area contributed by atoms with E-state index in [1.54, 1.807) is 6.07 Å². The van der Waals surface area contributed by atoms with Crippen molar-refractivity contribution >= 4 is 11.6 Å². The van der Waals surface area contributed by atoms with Crippen molar-refractivity contribution in [2.45, 2.75) is 6.04 Å². The van der Waals surface area contributed by atoms with Crippen molar-refractivity contribution in [1.82, 2.24) is 14.5 Å². The number of rotatable bonds is 2. The number of anilines is 2. The van der Waals surface area contributed by atoms with Crippen molar-refractivity contribution in [3.8, 4) is 5.69 Å². The lowest BCUT2D eigenvalue weighted by atomic mass is 10.1. The SMILES string of the molecule is Nc1cccc(NC2c3ccccc3-n3cncc32)n1. The third-order valence-corrected chi connectivity index (χ3v) is 3.53. The maximum atomic E-state index is 5.73. The molecule has 2 aromatic heterocycles. The summed E-state index contributed by atoms with van der Waals surface area (Å²) in [6.45, 7) is 0. The van der Waals surface area contributed by atoms with E-state index >= 15 is 0 Å². The first-order chi connectivity index (χ1) is 9.83. The number of imidazole rings is 1. The predicted molar refractivity (Wildman–Crippen MR) is 77.7 cm³/mol. The lowest BCUT2D eigenvalue weighted by molar-refractivity contribution is 0.914. The molecule has 0 fully saturated rings. The molecule has 1 atom stereocenters. The van der Waals surface area contributed by atoms with Gasteiger partial charge in [-0.05, 0) is 18.2 Å². The molecule has 3 heterocycles. The van der Waals surface area contributed by atoms with E-state index in [1.165, 1.54) is 5.56 Å². The number of nitrogens with two attached hydrogens (primary N) is 1. The smallest absolute Gasteiger partial charge is 0.129 e. The van der Waals surface area contributed by atoms with Crippen LogP contribution in [0.2, 0.25) is 0 Å². The van der Waals surface area contributed by atoms with E-state index in [-0.39, 0.29) is 6.04 Å². The van der Waals surface area contributed by atoms with Crippen LogP contribution in [0.15, 0.2) is 55.0 Å². The van der Waals surface area contributed by atoms with Crippen molar-refractivity contribution in [1.29, 1.82) is 0 Å². The quantitative estimate of drug-likeness (QED) is 0.744. The Morgan fingerprint density at radius 2 is 2.00 bits per heavy atom. The second kappa shape index (κ2) is 4.09. The van der Waals surface area contributed by atoms with Crippen LogP contribution in [0.1, 0.15) is 17.3 Å². The number of pyridine rings is 1. The fourth-order valence-electron chi connectivity index (χ4n) is 2.66. The van der Waals surface area contributed by atoms with Gasteiger partial charge in [0.2, 0.25) is 0 Å². The van der Waals surface area contributed by atoms with E-state index in [0.29, 0.717) is 5.82 Å². The molecule has 1 unspecified atom stereocenters. The monoisotopic (exact) mass is 263 g/mol. The van der Waals surface area contributed by atoms with E-state index in [0.717, 1.165) is 17.2 Å². The van der Waals surface area contributed by atoms with Crippen LogP contribution in [0, 0.1) is 0 Å². The lowest BCUT2D eigenvalue weighted by Gasteiger charge is -2.14. The molecule has 0 amide bonds. The Hall–Kier alpha value is -2.82. The molecular formula is C15H13N5. The summed E-state index contributed by atoms with van der Waals surface area (Å²) in [5, 5.41) is 3.43. The minimum Gasteiger partial charge on any atom is -0.384 e. The average Bonchev–Trinajstić information content (AvgIpc) is 3.03. The van der Waals surface area contributed by atoms with Crippen molar-refractivity contribution in [2.75, 3.05) is 11.1 Å². The van der Waals surface area contributed by atoms with E-state index in [2.05, 4.69) is 32.0 Å². The molecule has 4 rings (SSSR count). The molecule has 1 aliphatic rings. The van der Waals surface area contributed by atoms with E-state index in [4.69, 9.17) is 5.73 Å². The summed E-state index contributed by atoms with van der Waals surface area (Å²) in [5.74, 6) is 1.27. The van der Waals surface area contributed by atoms with Gasteiger partial charge in [-0.15, -0.1) is 0 Å². The molecule has 98 valence electrons. The molecule has 3 N–H and O–H groups in total. The molecule has 0 saturated heterocycles. The van der Waals surface area contributed by atoms with E-state index < -0.39 is 0 Å². The van der Waals surface area contributed by atoms with Gasteiger partial charge in [0.25, 0.3) is 0 Å². The summed E-state index contributed by atoms with van der Waals surface area (Å²) in [5.41, 5.74) is 9.21. The first kappa shape index (κ1) is 11.0. The fraction of sp³-hybridized carbons (Fsp3) is 0.0667. The molecule has 5 heteroatoms. The van der Waals surface area contributed by atoms with Gasteiger partial charge in [0.05, 0.1) is 29.9 Å². The third kappa shape index (κ3) is 1.56. The molecular weight excluding hydrogens is 250 g/mol. The number of hydrogen-bond acceptors (Lipinski definition) is 4. The van der Waals surface area contributed by atoms with Crippen molar-refractivity contribution in [3.05, 3.63) is 66.2 Å². The Morgan fingerprint density at radius 3 is 2.90 bits per heavy atom. The molecule has 3 aromatic rings. The number of fused-ring (bicyclic) bond motifs is 3. The summed E-state index contributed by atoms with van der Waals surface area (Å²) in [7, 11) is 0. The van der Waals surface area contributed by atoms with Crippen molar-refractivity contribution in [3.63, 3.8) is 0 Å². The molecule has 0 aliphatic carbocycles. The molecule has 0 spiro atoms. The number of para-hydroxylation sites is 1. The standard InChI is InChI=1S/C15H13N5/c16-13-6-3-7-14(18-13)19-15-10-4-1-2-5-11(10)20-9-17-8-12(15)20/h1-9,15H,(H3,16,18,19). The highest BCUT2D eigenvalue weighted by molar-refractivity contribution is 5.57. The van der Waals surface area contributed by atoms with E-state index in [9.17, 15) is 0 Å². The zero-order valence-electron chi connectivity index (χ0n) is 10.7. The third-order valence-electron chi connectivity index (χ3n) is 3.53. The summed E-state index contributed by atoms with van der Waals surface area (Å²) in [4.78, 5) is 8.53. The number of nitrogens with one attached hydrogen (secondary N) is 1. The molecule has 0 radical (unpaired) electrons. The Balaban J connectivity index is 1.79. The first-order valence-electron chi connectivity index (χ1n) is 6.43. The van der Waals surface area contributed by atoms with Crippen LogP contribution in [-0.2, 0) is 0 Å². The minimum atomic E-state index is 0.0444. The van der Waals surface area contributed by atoms with Gasteiger partial charge in [-0.1, -0.05) is 24.3 Å². The van der Waals surface area contributed by atoms with Gasteiger partial charge in [-0.2, -0.15) is 0 Å². The van der Waals surface area contributed by atoms with Crippen LogP contribution < -0.4 is 11.1 Å². The van der Waals surface area contributed by atoms with Gasteiger partial charge in [-0.3, -0.25) is 0 Å². The summed E-state index contributed by atoms with van der Waals surface area (Å²) in [6, 6.07) is 13.9. The van der Waals surface area contributed by atoms with Crippen LogP contribution in [0.5, 0.6) is 0 Å².